The van der Waals surface area contributed by atoms with Gasteiger partial charge in [-0.15, -0.1) is 0 Å². The zero-order valence-electron chi connectivity index (χ0n) is 10.1. The number of hydrogen-bond donors (Lipinski definition) is 2. The second-order valence-corrected chi connectivity index (χ2v) is 5.14. The van der Waals surface area contributed by atoms with Gasteiger partial charge in [-0.05, 0) is 25.3 Å². The average molecular weight is 285 g/mol. The third-order valence-corrected chi connectivity index (χ3v) is 3.57. The number of nitrogens with one attached hydrogen (secondary N) is 1. The van der Waals surface area contributed by atoms with Crippen molar-refractivity contribution in [1.29, 1.82) is 0 Å². The van der Waals surface area contributed by atoms with Gasteiger partial charge >= 0.3 is 0 Å². The highest BCUT2D eigenvalue weighted by molar-refractivity contribution is 6.31. The molecular formula is C12H13ClN2O4. The summed E-state index contributed by atoms with van der Waals surface area (Å²) in [5, 5.41) is 22.8. The van der Waals surface area contributed by atoms with Gasteiger partial charge in [0.2, 0.25) is 0 Å². The Bertz CT molecular complexity index is 523. The molecule has 1 aliphatic carbocycles. The van der Waals surface area contributed by atoms with E-state index < -0.39 is 16.4 Å². The summed E-state index contributed by atoms with van der Waals surface area (Å²) in [4.78, 5) is 22.1. The second-order valence-electron chi connectivity index (χ2n) is 4.70. The summed E-state index contributed by atoms with van der Waals surface area (Å²) in [6, 6.07) is 3.72. The molecule has 102 valence electrons. The van der Waals surface area contributed by atoms with Gasteiger partial charge in [0, 0.05) is 22.7 Å². The van der Waals surface area contributed by atoms with E-state index in [9.17, 15) is 20.0 Å². The minimum atomic E-state index is -0.603. The number of amides is 1. The summed E-state index contributed by atoms with van der Waals surface area (Å²) >= 11 is 5.76. The van der Waals surface area contributed by atoms with Crippen LogP contribution in [-0.4, -0.2) is 28.1 Å². The predicted molar refractivity (Wildman–Crippen MR) is 69.2 cm³/mol. The van der Waals surface area contributed by atoms with E-state index in [4.69, 9.17) is 11.6 Å². The van der Waals surface area contributed by atoms with Crippen LogP contribution in [0.3, 0.4) is 0 Å². The Morgan fingerprint density at radius 1 is 1.47 bits per heavy atom. The number of nitro groups is 1. The lowest BCUT2D eigenvalue weighted by Gasteiger charge is -2.40. The number of aliphatic hydroxyl groups is 1. The number of halogens is 1. The first-order chi connectivity index (χ1) is 8.96. The lowest BCUT2D eigenvalue weighted by Crippen LogP contribution is -2.56. The maximum absolute atomic E-state index is 12.0. The van der Waals surface area contributed by atoms with E-state index in [-0.39, 0.29) is 22.9 Å². The number of hydrogen-bond acceptors (Lipinski definition) is 4. The molecule has 6 nitrogen and oxygen atoms in total. The molecule has 1 aromatic carbocycles. The lowest BCUT2D eigenvalue weighted by molar-refractivity contribution is -0.384. The van der Waals surface area contributed by atoms with Crippen molar-refractivity contribution in [2.45, 2.75) is 24.8 Å². The van der Waals surface area contributed by atoms with Crippen molar-refractivity contribution in [1.82, 2.24) is 5.32 Å². The monoisotopic (exact) mass is 284 g/mol. The molecular weight excluding hydrogens is 272 g/mol. The summed E-state index contributed by atoms with van der Waals surface area (Å²) in [5.74, 6) is -0.459. The molecule has 1 saturated carbocycles. The van der Waals surface area contributed by atoms with Crippen molar-refractivity contribution in [3.8, 4) is 0 Å². The van der Waals surface area contributed by atoms with Gasteiger partial charge in [0.15, 0.2) is 0 Å². The van der Waals surface area contributed by atoms with Crippen LogP contribution in [0.25, 0.3) is 0 Å². The van der Waals surface area contributed by atoms with Gasteiger partial charge in [0.05, 0.1) is 17.1 Å². The maximum Gasteiger partial charge on any atom is 0.271 e. The number of aliphatic hydroxyl groups excluding tert-OH is 1. The molecule has 0 radical (unpaired) electrons. The molecule has 1 amide bonds. The first-order valence-corrected chi connectivity index (χ1v) is 6.22. The summed E-state index contributed by atoms with van der Waals surface area (Å²) in [6.45, 7) is -0.138. The molecule has 0 aliphatic heterocycles. The predicted octanol–water partition coefficient (Wildman–Crippen LogP) is 1.89. The standard InChI is InChI=1S/C12H13ClN2O4/c13-9-4-8(5-10(6-9)15(18)19)11(17)14-12(7-16)2-1-3-12/h4-6,16H,1-3,7H2,(H,14,17). The zero-order chi connectivity index (χ0) is 14.0. The van der Waals surface area contributed by atoms with Crippen LogP contribution < -0.4 is 5.32 Å². The number of nitrogens with zero attached hydrogens (tertiary/aromatic N) is 1. The first-order valence-electron chi connectivity index (χ1n) is 5.84. The van der Waals surface area contributed by atoms with E-state index in [1.807, 2.05) is 0 Å². The van der Waals surface area contributed by atoms with Crippen molar-refractivity contribution in [3.63, 3.8) is 0 Å². The SMILES string of the molecule is O=C(NC1(CO)CCC1)c1cc(Cl)cc([N+](=O)[O-])c1. The third-order valence-electron chi connectivity index (χ3n) is 3.35. The third kappa shape index (κ3) is 2.85. The highest BCUT2D eigenvalue weighted by Gasteiger charge is 2.38. The zero-order valence-corrected chi connectivity index (χ0v) is 10.8. The quantitative estimate of drug-likeness (QED) is 0.652. The summed E-state index contributed by atoms with van der Waals surface area (Å²) < 4.78 is 0. The van der Waals surface area contributed by atoms with Gasteiger partial charge in [-0.2, -0.15) is 0 Å². The smallest absolute Gasteiger partial charge is 0.271 e. The van der Waals surface area contributed by atoms with Gasteiger partial charge in [0.1, 0.15) is 0 Å². The van der Waals surface area contributed by atoms with E-state index in [0.717, 1.165) is 6.42 Å². The molecule has 0 heterocycles. The van der Waals surface area contributed by atoms with Crippen LogP contribution in [0.1, 0.15) is 29.6 Å². The molecule has 0 atom stereocenters. The van der Waals surface area contributed by atoms with Crippen LogP contribution in [-0.2, 0) is 0 Å². The van der Waals surface area contributed by atoms with Crippen molar-refractivity contribution < 1.29 is 14.8 Å². The molecule has 2 rings (SSSR count). The van der Waals surface area contributed by atoms with Gasteiger partial charge in [0.25, 0.3) is 11.6 Å². The fourth-order valence-corrected chi connectivity index (χ4v) is 2.28. The number of carbonyl (C=O) groups is 1. The van der Waals surface area contributed by atoms with Gasteiger partial charge in [-0.3, -0.25) is 14.9 Å². The van der Waals surface area contributed by atoms with Crippen LogP contribution in [0, 0.1) is 10.1 Å². The van der Waals surface area contributed by atoms with Crippen molar-refractivity contribution in [2.24, 2.45) is 0 Å². The summed E-state index contributed by atoms with van der Waals surface area (Å²) in [7, 11) is 0. The van der Waals surface area contributed by atoms with Gasteiger partial charge < -0.3 is 10.4 Å². The summed E-state index contributed by atoms with van der Waals surface area (Å²) in [6.07, 6.45) is 2.35. The molecule has 1 aliphatic rings. The molecule has 0 unspecified atom stereocenters. The number of non-ortho nitro benzene ring substituents is 1. The van der Waals surface area contributed by atoms with Crippen molar-refractivity contribution in [2.75, 3.05) is 6.61 Å². The Morgan fingerprint density at radius 3 is 2.63 bits per heavy atom. The molecule has 0 saturated heterocycles. The Morgan fingerprint density at radius 2 is 2.16 bits per heavy atom. The molecule has 2 N–H and O–H groups in total. The van der Waals surface area contributed by atoms with E-state index in [0.29, 0.717) is 12.8 Å². The topological polar surface area (TPSA) is 92.5 Å². The largest absolute Gasteiger partial charge is 0.394 e. The first kappa shape index (κ1) is 13.8. The number of benzene rings is 1. The number of rotatable bonds is 4. The van der Waals surface area contributed by atoms with E-state index in [1.165, 1.54) is 18.2 Å². The number of carbonyl (C=O) groups excluding carboxylic acids is 1. The number of nitro benzene ring substituents is 1. The minimum Gasteiger partial charge on any atom is -0.394 e. The van der Waals surface area contributed by atoms with Crippen molar-refractivity contribution in [3.05, 3.63) is 38.9 Å². The molecule has 0 spiro atoms. The molecule has 0 aromatic heterocycles. The Hall–Kier alpha value is -1.66. The van der Waals surface area contributed by atoms with Gasteiger partial charge in [-0.25, -0.2) is 0 Å². The van der Waals surface area contributed by atoms with E-state index in [2.05, 4.69) is 5.32 Å². The molecule has 1 aromatic rings. The van der Waals surface area contributed by atoms with E-state index in [1.54, 1.807) is 0 Å². The molecule has 1 fully saturated rings. The summed E-state index contributed by atoms with van der Waals surface area (Å²) in [5.41, 5.74) is -0.697. The lowest BCUT2D eigenvalue weighted by atomic mass is 9.77. The average Bonchev–Trinajstić information content (AvgIpc) is 2.32. The van der Waals surface area contributed by atoms with Gasteiger partial charge in [-0.1, -0.05) is 11.6 Å². The fraction of sp³-hybridized carbons (Fsp3) is 0.417. The molecule has 19 heavy (non-hydrogen) atoms. The fourth-order valence-electron chi connectivity index (χ4n) is 2.05. The van der Waals surface area contributed by atoms with Crippen molar-refractivity contribution >= 4 is 23.2 Å². The Labute approximate surface area is 114 Å². The van der Waals surface area contributed by atoms with Crippen LogP contribution in [0.15, 0.2) is 18.2 Å². The van der Waals surface area contributed by atoms with Crippen LogP contribution in [0.2, 0.25) is 5.02 Å². The second kappa shape index (κ2) is 5.14. The molecule has 7 heteroatoms. The van der Waals surface area contributed by atoms with Crippen LogP contribution >= 0.6 is 11.6 Å². The highest BCUT2D eigenvalue weighted by Crippen LogP contribution is 2.31. The Balaban J connectivity index is 2.21. The Kier molecular flexibility index (Phi) is 3.73. The van der Waals surface area contributed by atoms with Crippen LogP contribution in [0.5, 0.6) is 0 Å². The van der Waals surface area contributed by atoms with Crippen LogP contribution in [0.4, 0.5) is 5.69 Å². The van der Waals surface area contributed by atoms with E-state index >= 15 is 0 Å². The minimum absolute atomic E-state index is 0.124. The highest BCUT2D eigenvalue weighted by atomic mass is 35.5. The maximum atomic E-state index is 12.0. The molecule has 0 bridgehead atoms. The normalized spacial score (nSPS) is 16.5.